The Hall–Kier alpha value is -1.16. The summed E-state index contributed by atoms with van der Waals surface area (Å²) in [6.45, 7) is 0. The number of rotatable bonds is 4. The van der Waals surface area contributed by atoms with E-state index < -0.39 is 0 Å². The van der Waals surface area contributed by atoms with E-state index in [9.17, 15) is 4.79 Å². The average molecular weight is 226 g/mol. The Balaban J connectivity index is 3.05. The third-order valence-electron chi connectivity index (χ3n) is 2.07. The zero-order valence-corrected chi connectivity index (χ0v) is 9.84. The van der Waals surface area contributed by atoms with Gasteiger partial charge in [-0.25, -0.2) is 0 Å². The van der Waals surface area contributed by atoms with Crippen LogP contribution in [0.2, 0.25) is 0 Å². The Labute approximate surface area is 93.8 Å². The van der Waals surface area contributed by atoms with Gasteiger partial charge >= 0.3 is 5.97 Å². The summed E-state index contributed by atoms with van der Waals surface area (Å²) in [6, 6.07) is 7.46. The molecule has 0 spiro atoms. The molecule has 0 radical (unpaired) electrons. The lowest BCUT2D eigenvalue weighted by Gasteiger charge is -2.15. The van der Waals surface area contributed by atoms with Crippen LogP contribution in [0.3, 0.4) is 0 Å². The number of ether oxygens (including phenoxy) is 2. The molecule has 0 aliphatic heterocycles. The minimum absolute atomic E-state index is 0.257. The van der Waals surface area contributed by atoms with Gasteiger partial charge in [-0.2, -0.15) is 0 Å². The summed E-state index contributed by atoms with van der Waals surface area (Å²) in [4.78, 5) is 11.5. The fourth-order valence-electron chi connectivity index (χ4n) is 1.34. The number of carbonyl (C=O) groups excluding carboxylic acids is 1. The van der Waals surface area contributed by atoms with E-state index in [4.69, 9.17) is 9.47 Å². The fraction of sp³-hybridized carbons (Fsp3) is 0.364. The first-order valence-electron chi connectivity index (χ1n) is 4.48. The van der Waals surface area contributed by atoms with Crippen LogP contribution in [-0.2, 0) is 9.53 Å². The second-order valence-electron chi connectivity index (χ2n) is 2.88. The predicted octanol–water partition coefficient (Wildman–Crippen LogP) is 2.27. The molecule has 0 heterocycles. The number of benzene rings is 1. The van der Waals surface area contributed by atoms with Gasteiger partial charge in [-0.15, -0.1) is 11.8 Å². The zero-order chi connectivity index (χ0) is 11.3. The van der Waals surface area contributed by atoms with Crippen molar-refractivity contribution in [3.8, 4) is 5.75 Å². The zero-order valence-electron chi connectivity index (χ0n) is 9.02. The van der Waals surface area contributed by atoms with Crippen LogP contribution in [0.1, 0.15) is 10.8 Å². The van der Waals surface area contributed by atoms with Gasteiger partial charge in [0.25, 0.3) is 0 Å². The molecule has 3 nitrogen and oxygen atoms in total. The third-order valence-corrected chi connectivity index (χ3v) is 2.99. The lowest BCUT2D eigenvalue weighted by molar-refractivity contribution is -0.140. The van der Waals surface area contributed by atoms with E-state index in [0.29, 0.717) is 5.75 Å². The molecule has 1 rings (SSSR count). The van der Waals surface area contributed by atoms with E-state index in [1.807, 2.05) is 30.5 Å². The molecule has 82 valence electrons. The number of carbonyl (C=O) groups is 1. The molecule has 0 aromatic heterocycles. The van der Waals surface area contributed by atoms with Crippen molar-refractivity contribution >= 4 is 17.7 Å². The summed E-state index contributed by atoms with van der Waals surface area (Å²) in [7, 11) is 2.98. The maximum atomic E-state index is 11.5. The van der Waals surface area contributed by atoms with E-state index in [1.54, 1.807) is 7.11 Å². The first-order valence-corrected chi connectivity index (χ1v) is 5.77. The van der Waals surface area contributed by atoms with Crippen LogP contribution >= 0.6 is 11.8 Å². The summed E-state index contributed by atoms with van der Waals surface area (Å²) in [5.74, 6) is 0.453. The number of thioether (sulfide) groups is 1. The molecule has 4 heteroatoms. The van der Waals surface area contributed by atoms with E-state index in [1.165, 1.54) is 18.9 Å². The Morgan fingerprint density at radius 3 is 2.53 bits per heavy atom. The van der Waals surface area contributed by atoms with E-state index >= 15 is 0 Å². The standard InChI is InChI=1S/C11H14O3S/c1-13-9-7-5-4-6-8(9)10(15-3)11(12)14-2/h4-7,10H,1-3H3. The van der Waals surface area contributed by atoms with Crippen molar-refractivity contribution < 1.29 is 14.3 Å². The molecule has 0 amide bonds. The van der Waals surface area contributed by atoms with E-state index in [-0.39, 0.29) is 11.2 Å². The summed E-state index contributed by atoms with van der Waals surface area (Å²) in [5.41, 5.74) is 0.847. The Bertz CT molecular complexity index is 338. The summed E-state index contributed by atoms with van der Waals surface area (Å²) >= 11 is 1.43. The van der Waals surface area contributed by atoms with Gasteiger partial charge in [0.15, 0.2) is 0 Å². The Kier molecular flexibility index (Phi) is 4.49. The van der Waals surface area contributed by atoms with Crippen LogP contribution in [0, 0.1) is 0 Å². The molecular weight excluding hydrogens is 212 g/mol. The molecule has 0 saturated carbocycles. The molecule has 0 bridgehead atoms. The second kappa shape index (κ2) is 5.66. The molecule has 1 aromatic carbocycles. The van der Waals surface area contributed by atoms with Crippen molar-refractivity contribution in [2.75, 3.05) is 20.5 Å². The number of methoxy groups -OCH3 is 2. The minimum Gasteiger partial charge on any atom is -0.496 e. The molecule has 0 saturated heterocycles. The van der Waals surface area contributed by atoms with Crippen LogP contribution in [0.15, 0.2) is 24.3 Å². The van der Waals surface area contributed by atoms with Crippen molar-refractivity contribution in [1.29, 1.82) is 0 Å². The Morgan fingerprint density at radius 1 is 1.33 bits per heavy atom. The lowest BCUT2D eigenvalue weighted by Crippen LogP contribution is -2.11. The lowest BCUT2D eigenvalue weighted by atomic mass is 10.1. The highest BCUT2D eigenvalue weighted by atomic mass is 32.2. The van der Waals surface area contributed by atoms with Crippen molar-refractivity contribution in [3.05, 3.63) is 29.8 Å². The predicted molar refractivity (Wildman–Crippen MR) is 61.3 cm³/mol. The Morgan fingerprint density at radius 2 is 2.00 bits per heavy atom. The monoisotopic (exact) mass is 226 g/mol. The topological polar surface area (TPSA) is 35.5 Å². The first-order chi connectivity index (χ1) is 7.24. The smallest absolute Gasteiger partial charge is 0.323 e. The van der Waals surface area contributed by atoms with Gasteiger partial charge in [0.2, 0.25) is 0 Å². The first kappa shape index (κ1) is 11.9. The summed E-state index contributed by atoms with van der Waals surface area (Å²) < 4.78 is 9.94. The van der Waals surface area contributed by atoms with Gasteiger partial charge in [0.1, 0.15) is 11.0 Å². The minimum atomic E-state index is -0.328. The molecule has 0 N–H and O–H groups in total. The van der Waals surface area contributed by atoms with Gasteiger partial charge in [-0.1, -0.05) is 18.2 Å². The van der Waals surface area contributed by atoms with Crippen LogP contribution in [0.25, 0.3) is 0 Å². The normalized spacial score (nSPS) is 11.9. The number of esters is 1. The molecule has 1 unspecified atom stereocenters. The van der Waals surface area contributed by atoms with Crippen molar-refractivity contribution in [3.63, 3.8) is 0 Å². The van der Waals surface area contributed by atoms with Gasteiger partial charge in [0, 0.05) is 5.56 Å². The molecule has 1 aromatic rings. The highest BCUT2D eigenvalue weighted by Gasteiger charge is 2.23. The quantitative estimate of drug-likeness (QED) is 0.738. The van der Waals surface area contributed by atoms with E-state index in [0.717, 1.165) is 5.56 Å². The van der Waals surface area contributed by atoms with Gasteiger partial charge in [-0.05, 0) is 12.3 Å². The van der Waals surface area contributed by atoms with E-state index in [2.05, 4.69) is 0 Å². The van der Waals surface area contributed by atoms with Crippen molar-refractivity contribution in [1.82, 2.24) is 0 Å². The molecule has 1 atom stereocenters. The second-order valence-corrected chi connectivity index (χ2v) is 3.82. The highest BCUT2D eigenvalue weighted by Crippen LogP contribution is 2.34. The van der Waals surface area contributed by atoms with Gasteiger partial charge in [0.05, 0.1) is 14.2 Å². The van der Waals surface area contributed by atoms with Gasteiger partial charge < -0.3 is 9.47 Å². The maximum absolute atomic E-state index is 11.5. The molecule has 0 fully saturated rings. The van der Waals surface area contributed by atoms with Crippen molar-refractivity contribution in [2.45, 2.75) is 5.25 Å². The largest absolute Gasteiger partial charge is 0.496 e. The fourth-order valence-corrected chi connectivity index (χ4v) is 2.08. The van der Waals surface area contributed by atoms with Crippen molar-refractivity contribution in [2.24, 2.45) is 0 Å². The van der Waals surface area contributed by atoms with Crippen LogP contribution in [-0.4, -0.2) is 26.4 Å². The summed E-state index contributed by atoms with van der Waals surface area (Å²) in [5, 5.41) is -0.328. The molecule has 0 aliphatic carbocycles. The number of hydrogen-bond acceptors (Lipinski definition) is 4. The summed E-state index contributed by atoms with van der Waals surface area (Å²) in [6.07, 6.45) is 1.87. The third kappa shape index (κ3) is 2.65. The van der Waals surface area contributed by atoms with Crippen LogP contribution in [0.5, 0.6) is 5.75 Å². The number of para-hydroxylation sites is 1. The highest BCUT2D eigenvalue weighted by molar-refractivity contribution is 7.99. The molecule has 0 aliphatic rings. The SMILES string of the molecule is COC(=O)C(SC)c1ccccc1OC. The molecular formula is C11H14O3S. The van der Waals surface area contributed by atoms with Crippen LogP contribution in [0.4, 0.5) is 0 Å². The van der Waals surface area contributed by atoms with Gasteiger partial charge in [-0.3, -0.25) is 4.79 Å². The molecule has 15 heavy (non-hydrogen) atoms. The average Bonchev–Trinajstić information content (AvgIpc) is 2.30. The number of hydrogen-bond donors (Lipinski definition) is 0. The maximum Gasteiger partial charge on any atom is 0.323 e. The van der Waals surface area contributed by atoms with Crippen LogP contribution < -0.4 is 4.74 Å².